The Hall–Kier alpha value is -1.28. The van der Waals surface area contributed by atoms with Crippen LogP contribution >= 0.6 is 0 Å². The summed E-state index contributed by atoms with van der Waals surface area (Å²) in [6.07, 6.45) is 8.53. The summed E-state index contributed by atoms with van der Waals surface area (Å²) in [5.41, 5.74) is 2.84. The van der Waals surface area contributed by atoms with E-state index in [2.05, 4.69) is 38.2 Å². The van der Waals surface area contributed by atoms with Crippen molar-refractivity contribution >= 4 is 0 Å². The van der Waals surface area contributed by atoms with Crippen molar-refractivity contribution in [2.75, 3.05) is 6.54 Å². The number of hydrogen-bond donors (Lipinski definition) is 1. The van der Waals surface area contributed by atoms with Gasteiger partial charge >= 0.3 is 0 Å². The molecule has 0 aliphatic rings. The Bertz CT molecular complexity index is 356. The number of allylic oxidation sites excluding steroid dienone is 3. The van der Waals surface area contributed by atoms with Crippen LogP contribution < -0.4 is 5.32 Å². The highest BCUT2D eigenvalue weighted by Crippen LogP contribution is 2.06. The summed E-state index contributed by atoms with van der Waals surface area (Å²) in [5.74, 6) is 0.987. The second-order valence-corrected chi connectivity index (χ2v) is 4.58. The number of hydrogen-bond acceptors (Lipinski definition) is 2. The van der Waals surface area contributed by atoms with Gasteiger partial charge in [0.05, 0.1) is 12.8 Å². The Morgan fingerprint density at radius 3 is 2.76 bits per heavy atom. The van der Waals surface area contributed by atoms with Crippen LogP contribution in [0.5, 0.6) is 0 Å². The van der Waals surface area contributed by atoms with E-state index in [4.69, 9.17) is 4.42 Å². The molecule has 2 heteroatoms. The first-order valence-corrected chi connectivity index (χ1v) is 6.20. The average molecular weight is 233 g/mol. The van der Waals surface area contributed by atoms with Crippen LogP contribution in [0.3, 0.4) is 0 Å². The van der Waals surface area contributed by atoms with Crippen LogP contribution in [0.4, 0.5) is 0 Å². The van der Waals surface area contributed by atoms with Gasteiger partial charge in [-0.2, -0.15) is 0 Å². The Morgan fingerprint density at radius 2 is 2.12 bits per heavy atom. The van der Waals surface area contributed by atoms with Gasteiger partial charge in [-0.1, -0.05) is 23.3 Å². The van der Waals surface area contributed by atoms with Gasteiger partial charge in [0.15, 0.2) is 0 Å². The maximum absolute atomic E-state index is 5.24. The smallest absolute Gasteiger partial charge is 0.117 e. The van der Waals surface area contributed by atoms with Crippen molar-refractivity contribution in [3.05, 3.63) is 47.5 Å². The minimum atomic E-state index is 0.796. The van der Waals surface area contributed by atoms with Gasteiger partial charge in [-0.3, -0.25) is 0 Å². The van der Waals surface area contributed by atoms with Gasteiger partial charge in [0.25, 0.3) is 0 Å². The Balaban J connectivity index is 2.13. The quantitative estimate of drug-likeness (QED) is 0.567. The van der Waals surface area contributed by atoms with Crippen LogP contribution in [0.25, 0.3) is 0 Å². The molecule has 1 rings (SSSR count). The van der Waals surface area contributed by atoms with Crippen LogP contribution in [-0.4, -0.2) is 6.54 Å². The third-order valence-electron chi connectivity index (χ3n) is 2.57. The maximum atomic E-state index is 5.24. The first kappa shape index (κ1) is 13.8. The number of furan rings is 1. The highest BCUT2D eigenvalue weighted by Gasteiger charge is 1.93. The molecule has 0 aliphatic carbocycles. The SMILES string of the molecule is CC(C)=CCC/C(C)=C/CNCc1ccco1. The van der Waals surface area contributed by atoms with Crippen molar-refractivity contribution in [1.82, 2.24) is 5.32 Å². The molecule has 1 aromatic rings. The van der Waals surface area contributed by atoms with Gasteiger partial charge in [-0.25, -0.2) is 0 Å². The van der Waals surface area contributed by atoms with Gasteiger partial charge in [-0.15, -0.1) is 0 Å². The first-order valence-electron chi connectivity index (χ1n) is 6.20. The van der Waals surface area contributed by atoms with E-state index in [9.17, 15) is 0 Å². The average Bonchev–Trinajstić information content (AvgIpc) is 2.76. The van der Waals surface area contributed by atoms with Crippen molar-refractivity contribution in [3.8, 4) is 0 Å². The molecule has 0 amide bonds. The van der Waals surface area contributed by atoms with E-state index in [1.165, 1.54) is 11.1 Å². The monoisotopic (exact) mass is 233 g/mol. The van der Waals surface area contributed by atoms with E-state index in [0.29, 0.717) is 0 Å². The summed E-state index contributed by atoms with van der Waals surface area (Å²) >= 11 is 0. The fourth-order valence-electron chi connectivity index (χ4n) is 1.55. The van der Waals surface area contributed by atoms with Gasteiger partial charge < -0.3 is 9.73 Å². The minimum absolute atomic E-state index is 0.796. The van der Waals surface area contributed by atoms with Crippen LogP contribution in [0, 0.1) is 0 Å². The van der Waals surface area contributed by atoms with Crippen molar-refractivity contribution in [2.45, 2.75) is 40.2 Å². The predicted molar refractivity (Wildman–Crippen MR) is 72.8 cm³/mol. The lowest BCUT2D eigenvalue weighted by molar-refractivity contribution is 0.490. The molecule has 0 saturated heterocycles. The lowest BCUT2D eigenvalue weighted by atomic mass is 10.1. The normalized spacial score (nSPS) is 11.6. The lowest BCUT2D eigenvalue weighted by Crippen LogP contribution is -2.12. The van der Waals surface area contributed by atoms with E-state index >= 15 is 0 Å². The molecular formula is C15H23NO. The molecule has 0 radical (unpaired) electrons. The van der Waals surface area contributed by atoms with Crippen molar-refractivity contribution < 1.29 is 4.42 Å². The van der Waals surface area contributed by atoms with Crippen molar-refractivity contribution in [1.29, 1.82) is 0 Å². The van der Waals surface area contributed by atoms with E-state index in [-0.39, 0.29) is 0 Å². The largest absolute Gasteiger partial charge is 0.468 e. The highest BCUT2D eigenvalue weighted by atomic mass is 16.3. The van der Waals surface area contributed by atoms with E-state index in [0.717, 1.165) is 31.7 Å². The highest BCUT2D eigenvalue weighted by molar-refractivity contribution is 5.03. The van der Waals surface area contributed by atoms with E-state index in [1.54, 1.807) is 6.26 Å². The van der Waals surface area contributed by atoms with Gasteiger partial charge in [0.2, 0.25) is 0 Å². The predicted octanol–water partition coefficient (Wildman–Crippen LogP) is 4.06. The van der Waals surface area contributed by atoms with Crippen LogP contribution in [0.1, 0.15) is 39.4 Å². The summed E-state index contributed by atoms with van der Waals surface area (Å²) in [6.45, 7) is 8.17. The summed E-state index contributed by atoms with van der Waals surface area (Å²) in [4.78, 5) is 0. The fourth-order valence-corrected chi connectivity index (χ4v) is 1.55. The van der Waals surface area contributed by atoms with Crippen LogP contribution in [0.15, 0.2) is 46.1 Å². The Labute approximate surface area is 104 Å². The van der Waals surface area contributed by atoms with Gasteiger partial charge in [0, 0.05) is 6.54 Å². The van der Waals surface area contributed by atoms with Gasteiger partial charge in [0.1, 0.15) is 5.76 Å². The minimum Gasteiger partial charge on any atom is -0.468 e. The molecule has 94 valence electrons. The Kier molecular flexibility index (Phi) is 6.41. The molecule has 2 nitrogen and oxygen atoms in total. The summed E-state index contributed by atoms with van der Waals surface area (Å²) in [7, 11) is 0. The molecule has 0 saturated carbocycles. The maximum Gasteiger partial charge on any atom is 0.117 e. The summed E-state index contributed by atoms with van der Waals surface area (Å²) in [6, 6.07) is 3.90. The topological polar surface area (TPSA) is 25.2 Å². The zero-order valence-corrected chi connectivity index (χ0v) is 11.1. The summed E-state index contributed by atoms with van der Waals surface area (Å²) < 4.78 is 5.24. The third-order valence-corrected chi connectivity index (χ3v) is 2.57. The molecule has 0 unspecified atom stereocenters. The molecule has 0 bridgehead atoms. The second kappa shape index (κ2) is 7.91. The van der Waals surface area contributed by atoms with E-state index in [1.807, 2.05) is 12.1 Å². The molecule has 0 fully saturated rings. The Morgan fingerprint density at radius 1 is 1.29 bits per heavy atom. The van der Waals surface area contributed by atoms with E-state index < -0.39 is 0 Å². The van der Waals surface area contributed by atoms with Crippen LogP contribution in [-0.2, 0) is 6.54 Å². The molecule has 0 aromatic carbocycles. The van der Waals surface area contributed by atoms with Crippen LogP contribution in [0.2, 0.25) is 0 Å². The molecule has 1 aromatic heterocycles. The molecule has 17 heavy (non-hydrogen) atoms. The fraction of sp³-hybridized carbons (Fsp3) is 0.467. The first-order chi connectivity index (χ1) is 8.18. The lowest BCUT2D eigenvalue weighted by Gasteiger charge is -2.01. The van der Waals surface area contributed by atoms with Gasteiger partial charge in [-0.05, 0) is 45.7 Å². The molecular weight excluding hydrogens is 210 g/mol. The number of rotatable bonds is 7. The van der Waals surface area contributed by atoms with Crippen molar-refractivity contribution in [3.63, 3.8) is 0 Å². The standard InChI is InChI=1S/C15H23NO/c1-13(2)6-4-7-14(3)9-10-16-12-15-8-5-11-17-15/h5-6,8-9,11,16H,4,7,10,12H2,1-3H3/b14-9+. The molecule has 1 N–H and O–H groups in total. The zero-order chi connectivity index (χ0) is 12.5. The second-order valence-electron chi connectivity index (χ2n) is 4.58. The molecule has 0 aliphatic heterocycles. The third kappa shape index (κ3) is 6.80. The molecule has 0 atom stereocenters. The molecule has 1 heterocycles. The zero-order valence-electron chi connectivity index (χ0n) is 11.1. The number of nitrogens with one attached hydrogen (secondary N) is 1. The summed E-state index contributed by atoms with van der Waals surface area (Å²) in [5, 5.41) is 3.33. The van der Waals surface area contributed by atoms with Crippen molar-refractivity contribution in [2.24, 2.45) is 0 Å². The molecule has 0 spiro atoms.